The maximum atomic E-state index is 12.1. The number of rotatable bonds is 5. The molecule has 3 aromatic rings. The normalized spacial score (nSPS) is 19.6. The molecule has 172 valence electrons. The van der Waals surface area contributed by atoms with E-state index < -0.39 is 0 Å². The minimum absolute atomic E-state index is 0.0540. The Labute approximate surface area is 193 Å². The largest absolute Gasteiger partial charge is 0.369 e. The van der Waals surface area contributed by atoms with Gasteiger partial charge in [-0.25, -0.2) is 9.97 Å². The Kier molecular flexibility index (Phi) is 5.95. The average molecular weight is 448 g/mol. The van der Waals surface area contributed by atoms with E-state index in [9.17, 15) is 4.79 Å². The fourth-order valence-electron chi connectivity index (χ4n) is 4.56. The summed E-state index contributed by atoms with van der Waals surface area (Å²) in [4.78, 5) is 27.7. The van der Waals surface area contributed by atoms with Crippen LogP contribution in [0.15, 0.2) is 47.6 Å². The lowest BCUT2D eigenvalue weighted by atomic mass is 9.95. The molecule has 0 aliphatic carbocycles. The molecule has 1 amide bonds. The second kappa shape index (κ2) is 9.19. The van der Waals surface area contributed by atoms with E-state index in [1.165, 1.54) is 11.8 Å². The summed E-state index contributed by atoms with van der Waals surface area (Å²) >= 11 is 0. The number of likely N-dealkylation sites (N-methyl/N-ethyl adjacent to an activating group) is 1. The van der Waals surface area contributed by atoms with Crippen LogP contribution in [0.4, 0.5) is 17.3 Å². The number of aromatic nitrogens is 3. The van der Waals surface area contributed by atoms with Gasteiger partial charge in [-0.2, -0.15) is 0 Å². The van der Waals surface area contributed by atoms with Crippen molar-refractivity contribution >= 4 is 34.3 Å². The van der Waals surface area contributed by atoms with Gasteiger partial charge < -0.3 is 24.5 Å². The molecule has 1 N–H and O–H groups in total. The van der Waals surface area contributed by atoms with Crippen LogP contribution in [0.1, 0.15) is 24.5 Å². The van der Waals surface area contributed by atoms with E-state index >= 15 is 0 Å². The average Bonchev–Trinajstić information content (AvgIpc) is 3.28. The molecule has 2 saturated heterocycles. The first-order valence-corrected chi connectivity index (χ1v) is 11.4. The van der Waals surface area contributed by atoms with E-state index in [0.717, 1.165) is 51.3 Å². The summed E-state index contributed by atoms with van der Waals surface area (Å²) in [5.41, 5.74) is 3.46. The molecule has 0 saturated carbocycles. The number of hydrogen-bond donors (Lipinski definition) is 1. The zero-order chi connectivity index (χ0) is 22.8. The van der Waals surface area contributed by atoms with Gasteiger partial charge >= 0.3 is 0 Å². The van der Waals surface area contributed by atoms with Crippen LogP contribution in [0, 0.1) is 0 Å². The third-order valence-electron chi connectivity index (χ3n) is 6.52. The van der Waals surface area contributed by atoms with Crippen molar-refractivity contribution in [1.29, 1.82) is 0 Å². The van der Waals surface area contributed by atoms with E-state index in [-0.39, 0.29) is 11.8 Å². The number of benzene rings is 1. The third kappa shape index (κ3) is 4.54. The van der Waals surface area contributed by atoms with Gasteiger partial charge in [0.1, 0.15) is 5.52 Å². The van der Waals surface area contributed by atoms with E-state index in [2.05, 4.69) is 63.1 Å². The third-order valence-corrected chi connectivity index (χ3v) is 6.52. The van der Waals surface area contributed by atoms with Crippen molar-refractivity contribution in [3.63, 3.8) is 0 Å². The summed E-state index contributed by atoms with van der Waals surface area (Å²) in [7, 11) is 2.16. The Morgan fingerprint density at radius 1 is 1.18 bits per heavy atom. The van der Waals surface area contributed by atoms with Crippen molar-refractivity contribution in [2.24, 2.45) is 0 Å². The van der Waals surface area contributed by atoms with Gasteiger partial charge in [0.2, 0.25) is 11.9 Å². The van der Waals surface area contributed by atoms with Crippen LogP contribution in [-0.4, -0.2) is 77.1 Å². The summed E-state index contributed by atoms with van der Waals surface area (Å²) < 4.78 is 5.66. The molecule has 9 heteroatoms. The van der Waals surface area contributed by atoms with Crippen molar-refractivity contribution in [2.75, 3.05) is 56.5 Å². The van der Waals surface area contributed by atoms with Crippen LogP contribution in [0.2, 0.25) is 0 Å². The monoisotopic (exact) mass is 447 g/mol. The van der Waals surface area contributed by atoms with Gasteiger partial charge in [-0.15, -0.1) is 0 Å². The number of likely N-dealkylation sites (tertiary alicyclic amines) is 1. The van der Waals surface area contributed by atoms with Crippen LogP contribution in [0.5, 0.6) is 0 Å². The van der Waals surface area contributed by atoms with Gasteiger partial charge in [0.15, 0.2) is 11.3 Å². The number of anilines is 3. The van der Waals surface area contributed by atoms with Crippen molar-refractivity contribution in [1.82, 2.24) is 24.9 Å². The molecule has 4 heterocycles. The van der Waals surface area contributed by atoms with Crippen LogP contribution in [0.3, 0.4) is 0 Å². The standard InChI is InChI=1S/C24H29N7O2/c1-3-21(32)31-10-4-5-17(16-31)23-22-20(28-33-23)15-25-24(27-22)26-18-6-8-19(9-7-18)30-13-11-29(2)12-14-30/h3,6-9,15,17H,1,4-5,10-14,16H2,2H3,(H,26,27). The maximum absolute atomic E-state index is 12.1. The Morgan fingerprint density at radius 2 is 1.97 bits per heavy atom. The second-order valence-electron chi connectivity index (χ2n) is 8.76. The quantitative estimate of drug-likeness (QED) is 0.597. The highest BCUT2D eigenvalue weighted by atomic mass is 16.5. The minimum atomic E-state index is -0.0551. The predicted molar refractivity (Wildman–Crippen MR) is 128 cm³/mol. The fourth-order valence-corrected chi connectivity index (χ4v) is 4.56. The molecule has 2 aliphatic heterocycles. The maximum Gasteiger partial charge on any atom is 0.245 e. The van der Waals surface area contributed by atoms with Gasteiger partial charge in [-0.3, -0.25) is 4.79 Å². The Hall–Kier alpha value is -3.46. The van der Waals surface area contributed by atoms with E-state index in [1.54, 1.807) is 11.1 Å². The van der Waals surface area contributed by atoms with Gasteiger partial charge in [-0.1, -0.05) is 11.7 Å². The molecule has 5 rings (SSSR count). The molecule has 0 radical (unpaired) electrons. The summed E-state index contributed by atoms with van der Waals surface area (Å²) in [6.07, 6.45) is 4.86. The highest BCUT2D eigenvalue weighted by molar-refractivity contribution is 5.87. The number of carbonyl (C=O) groups is 1. The number of piperidine rings is 1. The van der Waals surface area contributed by atoms with E-state index in [1.807, 2.05) is 0 Å². The lowest BCUT2D eigenvalue weighted by Gasteiger charge is -2.34. The number of piperazine rings is 1. The molecule has 1 unspecified atom stereocenters. The highest BCUT2D eigenvalue weighted by Gasteiger charge is 2.28. The topological polar surface area (TPSA) is 90.6 Å². The molecule has 9 nitrogen and oxygen atoms in total. The predicted octanol–water partition coefficient (Wildman–Crippen LogP) is 3.01. The van der Waals surface area contributed by atoms with Gasteiger partial charge in [0, 0.05) is 56.6 Å². The van der Waals surface area contributed by atoms with Crippen molar-refractivity contribution in [2.45, 2.75) is 18.8 Å². The summed E-state index contributed by atoms with van der Waals surface area (Å²) in [6, 6.07) is 8.36. The lowest BCUT2D eigenvalue weighted by Crippen LogP contribution is -2.44. The molecule has 0 spiro atoms. The first kappa shape index (κ1) is 21.4. The number of nitrogens with zero attached hydrogens (tertiary/aromatic N) is 6. The zero-order valence-electron chi connectivity index (χ0n) is 18.9. The van der Waals surface area contributed by atoms with Crippen LogP contribution >= 0.6 is 0 Å². The number of carbonyl (C=O) groups excluding carboxylic acids is 1. The zero-order valence-corrected chi connectivity index (χ0v) is 18.9. The van der Waals surface area contributed by atoms with Gasteiger partial charge in [0.05, 0.1) is 6.20 Å². The Morgan fingerprint density at radius 3 is 2.73 bits per heavy atom. The van der Waals surface area contributed by atoms with Crippen LogP contribution < -0.4 is 10.2 Å². The Balaban J connectivity index is 1.31. The molecular formula is C24H29N7O2. The first-order valence-electron chi connectivity index (χ1n) is 11.4. The van der Waals surface area contributed by atoms with Crippen molar-refractivity contribution in [3.8, 4) is 0 Å². The van der Waals surface area contributed by atoms with E-state index in [0.29, 0.717) is 29.3 Å². The molecule has 1 atom stereocenters. The fraction of sp³-hybridized carbons (Fsp3) is 0.417. The highest BCUT2D eigenvalue weighted by Crippen LogP contribution is 2.32. The molecule has 1 aromatic carbocycles. The Bertz CT molecular complexity index is 1140. The minimum Gasteiger partial charge on any atom is -0.369 e. The number of fused-ring (bicyclic) bond motifs is 1. The molecule has 2 fully saturated rings. The second-order valence-corrected chi connectivity index (χ2v) is 8.76. The number of amides is 1. The van der Waals surface area contributed by atoms with Gasteiger partial charge in [-0.05, 0) is 50.2 Å². The summed E-state index contributed by atoms with van der Waals surface area (Å²) in [5, 5.41) is 7.43. The molecule has 2 aromatic heterocycles. The molecule has 0 bridgehead atoms. The number of nitrogens with one attached hydrogen (secondary N) is 1. The van der Waals surface area contributed by atoms with Crippen molar-refractivity contribution < 1.29 is 9.32 Å². The van der Waals surface area contributed by atoms with E-state index in [4.69, 9.17) is 9.51 Å². The van der Waals surface area contributed by atoms with Gasteiger partial charge in [0.25, 0.3) is 0 Å². The smallest absolute Gasteiger partial charge is 0.245 e. The SMILES string of the molecule is C=CC(=O)N1CCCC(c2onc3cnc(Nc4ccc(N5CCN(C)CC5)cc4)nc23)C1. The molecular weight excluding hydrogens is 418 g/mol. The van der Waals surface area contributed by atoms with Crippen molar-refractivity contribution in [3.05, 3.63) is 48.9 Å². The number of hydrogen-bond acceptors (Lipinski definition) is 8. The summed E-state index contributed by atoms with van der Waals surface area (Å²) in [6.45, 7) is 9.15. The molecule has 33 heavy (non-hydrogen) atoms. The van der Waals surface area contributed by atoms with Crippen LogP contribution in [0.25, 0.3) is 11.0 Å². The lowest BCUT2D eigenvalue weighted by molar-refractivity contribution is -0.127. The van der Waals surface area contributed by atoms with Crippen LogP contribution in [-0.2, 0) is 4.79 Å². The summed E-state index contributed by atoms with van der Waals surface area (Å²) in [5.74, 6) is 1.20. The molecule has 2 aliphatic rings. The first-order chi connectivity index (χ1) is 16.1.